The highest BCUT2D eigenvalue weighted by Crippen LogP contribution is 2.53. The number of nitrogens with zero attached hydrogens (tertiary/aromatic N) is 7. The normalized spacial score (nSPS) is 28.6. The van der Waals surface area contributed by atoms with Crippen LogP contribution in [-0.2, 0) is 20.9 Å². The summed E-state index contributed by atoms with van der Waals surface area (Å²) >= 11 is 0. The fourth-order valence-corrected chi connectivity index (χ4v) is 10.5. The number of phenols is 1. The quantitative estimate of drug-likeness (QED) is 0.291. The summed E-state index contributed by atoms with van der Waals surface area (Å²) < 4.78 is 6.30. The number of methoxy groups -OCH3 is 1. The zero-order valence-electron chi connectivity index (χ0n) is 31.3. The molecule has 3 aromatic rings. The van der Waals surface area contributed by atoms with Crippen LogP contribution in [0.25, 0.3) is 11.3 Å². The molecule has 1 aromatic heterocycles. The monoisotopic (exact) mass is 747 g/mol. The van der Waals surface area contributed by atoms with Gasteiger partial charge in [-0.3, -0.25) is 29.5 Å². The van der Waals surface area contributed by atoms with Crippen molar-refractivity contribution in [3.05, 3.63) is 59.7 Å². The third-order valence-corrected chi connectivity index (χ3v) is 13.7. The summed E-state index contributed by atoms with van der Waals surface area (Å²) in [5.74, 6) is 2.54. The maximum atomic E-state index is 13.4. The number of carbonyl (C=O) groups excluding carboxylic acids is 3. The van der Waals surface area contributed by atoms with Crippen LogP contribution in [0.3, 0.4) is 0 Å². The Morgan fingerprint density at radius 2 is 1.73 bits per heavy atom. The number of carbonyl (C=O) groups is 3. The van der Waals surface area contributed by atoms with Crippen LogP contribution in [0.2, 0.25) is 0 Å². The van der Waals surface area contributed by atoms with Gasteiger partial charge in [-0.15, -0.1) is 10.2 Å². The SMILES string of the molecule is COC1(CN2C[C@@H]3[C@@H](CN4CCN5c6cc(-c7ccccc7O)nnc6NC[C@H]5C4)[C@@H]3C2)CCN(c2ccc3c(c2)C(=O)N(C2CCC(=O)NC2=O)C3)CC1. The smallest absolute Gasteiger partial charge is 0.255 e. The Morgan fingerprint density at radius 3 is 2.51 bits per heavy atom. The Hall–Kier alpha value is -4.79. The Bertz CT molecular complexity index is 2020. The number of rotatable bonds is 8. The fraction of sp³-hybridized carbons (Fsp3) is 0.537. The minimum absolute atomic E-state index is 0.130. The number of benzene rings is 2. The number of aromatic hydroxyl groups is 1. The Labute approximate surface area is 320 Å². The lowest BCUT2D eigenvalue weighted by Crippen LogP contribution is -2.58. The van der Waals surface area contributed by atoms with E-state index in [0.29, 0.717) is 35.8 Å². The van der Waals surface area contributed by atoms with Gasteiger partial charge >= 0.3 is 0 Å². The highest BCUT2D eigenvalue weighted by atomic mass is 16.5. The number of nitrogens with one attached hydrogen (secondary N) is 2. The molecule has 0 spiro atoms. The van der Waals surface area contributed by atoms with Gasteiger partial charge in [-0.25, -0.2) is 0 Å². The van der Waals surface area contributed by atoms with E-state index in [1.807, 2.05) is 37.4 Å². The molecule has 0 radical (unpaired) electrons. The van der Waals surface area contributed by atoms with Gasteiger partial charge in [0.2, 0.25) is 11.8 Å². The molecule has 10 rings (SSSR count). The van der Waals surface area contributed by atoms with E-state index in [1.54, 1.807) is 11.0 Å². The summed E-state index contributed by atoms with van der Waals surface area (Å²) in [6.07, 6.45) is 2.48. The van der Waals surface area contributed by atoms with Crippen molar-refractivity contribution < 1.29 is 24.2 Å². The van der Waals surface area contributed by atoms with Gasteiger partial charge in [0.1, 0.15) is 11.8 Å². The molecule has 14 nitrogen and oxygen atoms in total. The van der Waals surface area contributed by atoms with Crippen LogP contribution in [0.4, 0.5) is 17.2 Å². The van der Waals surface area contributed by atoms with E-state index >= 15 is 0 Å². The van der Waals surface area contributed by atoms with Crippen LogP contribution >= 0.6 is 0 Å². The average molecular weight is 748 g/mol. The number of piperidine rings is 3. The molecule has 3 N–H and O–H groups in total. The van der Waals surface area contributed by atoms with E-state index < -0.39 is 6.04 Å². The second kappa shape index (κ2) is 13.5. The van der Waals surface area contributed by atoms with E-state index in [2.05, 4.69) is 52.6 Å². The number of likely N-dealkylation sites (tertiary alicyclic amines) is 1. The van der Waals surface area contributed by atoms with Crippen LogP contribution in [-0.4, -0.2) is 138 Å². The number of imide groups is 1. The van der Waals surface area contributed by atoms with E-state index in [0.717, 1.165) is 119 Å². The van der Waals surface area contributed by atoms with E-state index in [1.165, 1.54) is 0 Å². The number of anilines is 3. The van der Waals surface area contributed by atoms with Crippen molar-refractivity contribution >= 4 is 34.9 Å². The van der Waals surface area contributed by atoms with Gasteiger partial charge in [-0.2, -0.15) is 0 Å². The van der Waals surface area contributed by atoms with E-state index in [4.69, 9.17) is 4.74 Å². The van der Waals surface area contributed by atoms with E-state index in [-0.39, 0.29) is 35.5 Å². The molecule has 6 aliphatic heterocycles. The third-order valence-electron chi connectivity index (χ3n) is 13.7. The minimum Gasteiger partial charge on any atom is -0.507 e. The largest absolute Gasteiger partial charge is 0.507 e. The van der Waals surface area contributed by atoms with Crippen molar-refractivity contribution in [3.8, 4) is 17.0 Å². The molecule has 7 aliphatic rings. The molecule has 3 amide bonds. The summed E-state index contributed by atoms with van der Waals surface area (Å²) in [6, 6.07) is 15.2. The molecule has 7 heterocycles. The van der Waals surface area contributed by atoms with Crippen molar-refractivity contribution in [3.63, 3.8) is 0 Å². The van der Waals surface area contributed by atoms with Crippen molar-refractivity contribution in [2.75, 3.05) is 87.7 Å². The van der Waals surface area contributed by atoms with Gasteiger partial charge in [0.15, 0.2) is 5.82 Å². The van der Waals surface area contributed by atoms with Gasteiger partial charge in [0, 0.05) is 102 Å². The molecule has 1 aliphatic carbocycles. The van der Waals surface area contributed by atoms with Crippen LogP contribution in [0.1, 0.15) is 41.6 Å². The summed E-state index contributed by atoms with van der Waals surface area (Å²) in [7, 11) is 1.87. The number of aromatic nitrogens is 2. The van der Waals surface area contributed by atoms with Crippen molar-refractivity contribution in [1.29, 1.82) is 0 Å². The minimum atomic E-state index is -0.599. The van der Waals surface area contributed by atoms with Gasteiger partial charge in [-0.05, 0) is 72.9 Å². The van der Waals surface area contributed by atoms with Crippen molar-refractivity contribution in [1.82, 2.24) is 30.2 Å². The molecule has 1 unspecified atom stereocenters. The predicted octanol–water partition coefficient (Wildman–Crippen LogP) is 2.39. The molecule has 2 aromatic carbocycles. The highest BCUT2D eigenvalue weighted by molar-refractivity contribution is 6.05. The number of ether oxygens (including phenoxy) is 1. The van der Waals surface area contributed by atoms with Crippen LogP contribution in [0.15, 0.2) is 48.5 Å². The van der Waals surface area contributed by atoms with Crippen LogP contribution in [0, 0.1) is 17.8 Å². The number of hydrogen-bond acceptors (Lipinski definition) is 12. The lowest BCUT2D eigenvalue weighted by atomic mass is 9.89. The lowest BCUT2D eigenvalue weighted by Gasteiger charge is -2.46. The second-order valence-corrected chi connectivity index (χ2v) is 16.8. The fourth-order valence-electron chi connectivity index (χ4n) is 10.5. The highest BCUT2D eigenvalue weighted by Gasteiger charge is 2.57. The summed E-state index contributed by atoms with van der Waals surface area (Å²) in [6.45, 7) is 10.4. The maximum Gasteiger partial charge on any atom is 0.255 e. The maximum absolute atomic E-state index is 13.4. The lowest BCUT2D eigenvalue weighted by molar-refractivity contribution is -0.136. The topological polar surface area (TPSA) is 147 Å². The molecule has 1 saturated carbocycles. The molecule has 14 heteroatoms. The first-order chi connectivity index (χ1) is 26.8. The molecule has 5 fully saturated rings. The number of fused-ring (bicyclic) bond motifs is 5. The Morgan fingerprint density at radius 1 is 0.909 bits per heavy atom. The summed E-state index contributed by atoms with van der Waals surface area (Å²) in [5.41, 5.74) is 4.91. The molecule has 5 atom stereocenters. The zero-order valence-corrected chi connectivity index (χ0v) is 31.3. The molecule has 55 heavy (non-hydrogen) atoms. The molecular weight excluding hydrogens is 699 g/mol. The number of amides is 3. The Balaban J connectivity index is 0.706. The number of phenolic OH excluding ortho intramolecular Hbond substituents is 1. The van der Waals surface area contributed by atoms with Gasteiger partial charge in [0.05, 0.1) is 23.0 Å². The summed E-state index contributed by atoms with van der Waals surface area (Å²) in [5, 5.41) is 25.2. The number of hydrogen-bond donors (Lipinski definition) is 3. The summed E-state index contributed by atoms with van der Waals surface area (Å²) in [4.78, 5) is 49.3. The first kappa shape index (κ1) is 34.7. The Kier molecular flexibility index (Phi) is 8.48. The zero-order chi connectivity index (χ0) is 37.4. The number of piperazine rings is 1. The van der Waals surface area contributed by atoms with Crippen LogP contribution in [0.5, 0.6) is 5.75 Å². The molecule has 288 valence electrons. The molecule has 4 saturated heterocycles. The third kappa shape index (κ3) is 6.18. The van der Waals surface area contributed by atoms with Crippen LogP contribution < -0.4 is 20.4 Å². The first-order valence-electron chi connectivity index (χ1n) is 19.9. The van der Waals surface area contributed by atoms with Gasteiger partial charge in [-0.1, -0.05) is 18.2 Å². The predicted molar refractivity (Wildman–Crippen MR) is 206 cm³/mol. The molecule has 0 bridgehead atoms. The number of para-hydroxylation sites is 1. The average Bonchev–Trinajstić information content (AvgIpc) is 3.47. The van der Waals surface area contributed by atoms with Gasteiger partial charge in [0.25, 0.3) is 5.91 Å². The standard InChI is InChI=1S/C41H49N9O5/c1-55-41(10-12-48(13-11-41)26-7-6-25-19-50(40(54)29(25)16-26)34-8-9-37(52)43-39(34)53)24-47-22-31-30(32(31)23-47)21-46-14-15-49-27(20-46)18-42-38-35(49)17-33(44-45-38)28-4-2-3-5-36(28)51/h2-7,16-17,27,30-32,34,51H,8-15,18-24H2,1H3,(H,42,45)(H,43,52,53)/t27-,30-,31-,32+,34?/m0/s1. The first-order valence-corrected chi connectivity index (χ1v) is 19.9. The second-order valence-electron chi connectivity index (χ2n) is 16.8. The van der Waals surface area contributed by atoms with Crippen molar-refractivity contribution in [2.45, 2.75) is 49.9 Å². The van der Waals surface area contributed by atoms with Crippen molar-refractivity contribution in [2.24, 2.45) is 17.8 Å². The van der Waals surface area contributed by atoms with Gasteiger partial charge < -0.3 is 29.9 Å². The van der Waals surface area contributed by atoms with E-state index in [9.17, 15) is 19.5 Å². The molecular formula is C41H49N9O5.